The standard InChI is InChI=1S/C16H15N3Se/c1-2-7-14(8-3-1)13-20-12-6-11-19-16-10-5-4-9-15(16)17-18-19/h1-10,12H,11,13H2/b12-6+. The number of nitrogens with zero attached hydrogens (tertiary/aromatic N) is 3. The molecule has 0 saturated carbocycles. The molecular formula is C16H15N3Se. The van der Waals surface area contributed by atoms with Crippen LogP contribution in [0.5, 0.6) is 0 Å². The summed E-state index contributed by atoms with van der Waals surface area (Å²) >= 11 is 0.498. The van der Waals surface area contributed by atoms with Crippen LogP contribution in [-0.4, -0.2) is 30.0 Å². The SMILES string of the molecule is C(=C\[Se]Cc1ccccc1)/Cn1nnc2ccccc21. The van der Waals surface area contributed by atoms with Crippen LogP contribution >= 0.6 is 0 Å². The number of allylic oxidation sites excluding steroid dienone is 1. The van der Waals surface area contributed by atoms with Crippen LogP contribution < -0.4 is 0 Å². The Morgan fingerprint density at radius 2 is 1.80 bits per heavy atom. The third kappa shape index (κ3) is 3.16. The van der Waals surface area contributed by atoms with Crippen LogP contribution in [0.1, 0.15) is 5.56 Å². The molecule has 0 saturated heterocycles. The number of para-hydroxylation sites is 1. The van der Waals surface area contributed by atoms with Crippen molar-refractivity contribution in [3.05, 3.63) is 71.2 Å². The third-order valence-electron chi connectivity index (χ3n) is 2.98. The molecule has 4 heteroatoms. The molecule has 1 heterocycles. The van der Waals surface area contributed by atoms with Gasteiger partial charge in [-0.05, 0) is 0 Å². The first-order valence-corrected chi connectivity index (χ1v) is 8.72. The molecule has 0 aliphatic heterocycles. The molecule has 0 unspecified atom stereocenters. The van der Waals surface area contributed by atoms with Crippen LogP contribution in [0.4, 0.5) is 0 Å². The minimum atomic E-state index is 0.498. The number of hydrogen-bond donors (Lipinski definition) is 0. The summed E-state index contributed by atoms with van der Waals surface area (Å²) in [6.45, 7) is 0.789. The molecule has 0 spiro atoms. The molecule has 0 radical (unpaired) electrons. The molecule has 100 valence electrons. The van der Waals surface area contributed by atoms with Crippen LogP contribution in [0.3, 0.4) is 0 Å². The van der Waals surface area contributed by atoms with Gasteiger partial charge in [-0.2, -0.15) is 0 Å². The van der Waals surface area contributed by atoms with E-state index in [4.69, 9.17) is 0 Å². The molecule has 20 heavy (non-hydrogen) atoms. The van der Waals surface area contributed by atoms with Crippen molar-refractivity contribution in [2.45, 2.75) is 11.9 Å². The van der Waals surface area contributed by atoms with E-state index in [1.54, 1.807) is 0 Å². The Kier molecular flexibility index (Phi) is 4.26. The zero-order valence-corrected chi connectivity index (χ0v) is 12.7. The van der Waals surface area contributed by atoms with Gasteiger partial charge < -0.3 is 0 Å². The Morgan fingerprint density at radius 3 is 2.70 bits per heavy atom. The second-order valence-electron chi connectivity index (χ2n) is 4.43. The van der Waals surface area contributed by atoms with Crippen LogP contribution in [0.2, 0.25) is 0 Å². The van der Waals surface area contributed by atoms with Crippen molar-refractivity contribution in [3.63, 3.8) is 0 Å². The zero-order valence-electron chi connectivity index (χ0n) is 11.0. The summed E-state index contributed by atoms with van der Waals surface area (Å²) in [5.41, 5.74) is 3.45. The van der Waals surface area contributed by atoms with E-state index in [1.807, 2.05) is 22.9 Å². The molecule has 0 fully saturated rings. The van der Waals surface area contributed by atoms with Crippen molar-refractivity contribution in [2.24, 2.45) is 0 Å². The van der Waals surface area contributed by atoms with Gasteiger partial charge in [-0.1, -0.05) is 0 Å². The Balaban J connectivity index is 1.55. The zero-order chi connectivity index (χ0) is 13.6. The number of hydrogen-bond acceptors (Lipinski definition) is 2. The predicted molar refractivity (Wildman–Crippen MR) is 82.6 cm³/mol. The summed E-state index contributed by atoms with van der Waals surface area (Å²) in [7, 11) is 0. The molecule has 0 aliphatic rings. The van der Waals surface area contributed by atoms with Gasteiger partial charge >= 0.3 is 124 Å². The normalized spacial score (nSPS) is 11.4. The van der Waals surface area contributed by atoms with Crippen molar-refractivity contribution in [2.75, 3.05) is 0 Å². The van der Waals surface area contributed by atoms with E-state index >= 15 is 0 Å². The molecule has 1 aromatic heterocycles. The summed E-state index contributed by atoms with van der Waals surface area (Å²) in [6, 6.07) is 18.7. The fraction of sp³-hybridized carbons (Fsp3) is 0.125. The number of rotatable bonds is 5. The molecule has 3 nitrogen and oxygen atoms in total. The summed E-state index contributed by atoms with van der Waals surface area (Å²) in [5.74, 6) is 0. The summed E-state index contributed by atoms with van der Waals surface area (Å²) < 4.78 is 1.93. The molecule has 0 atom stereocenters. The molecule has 3 rings (SSSR count). The van der Waals surface area contributed by atoms with E-state index in [9.17, 15) is 0 Å². The van der Waals surface area contributed by atoms with Gasteiger partial charge in [0.25, 0.3) is 0 Å². The number of benzene rings is 2. The van der Waals surface area contributed by atoms with Crippen molar-refractivity contribution in [1.29, 1.82) is 0 Å². The van der Waals surface area contributed by atoms with Gasteiger partial charge in [-0.25, -0.2) is 0 Å². The van der Waals surface area contributed by atoms with Crippen molar-refractivity contribution in [3.8, 4) is 0 Å². The Hall–Kier alpha value is -1.90. The average Bonchev–Trinajstić information content (AvgIpc) is 2.91. The number of fused-ring (bicyclic) bond motifs is 1. The van der Waals surface area contributed by atoms with Crippen LogP contribution in [0, 0.1) is 0 Å². The van der Waals surface area contributed by atoms with E-state index in [-0.39, 0.29) is 0 Å². The van der Waals surface area contributed by atoms with Gasteiger partial charge in [0.05, 0.1) is 0 Å². The fourth-order valence-electron chi connectivity index (χ4n) is 1.98. The van der Waals surface area contributed by atoms with Crippen LogP contribution in [-0.2, 0) is 11.9 Å². The first-order chi connectivity index (χ1) is 9.93. The Morgan fingerprint density at radius 1 is 1.00 bits per heavy atom. The molecule has 2 aromatic carbocycles. The van der Waals surface area contributed by atoms with Gasteiger partial charge in [0, 0.05) is 0 Å². The van der Waals surface area contributed by atoms with Gasteiger partial charge in [0.2, 0.25) is 0 Å². The van der Waals surface area contributed by atoms with Gasteiger partial charge in [0.15, 0.2) is 0 Å². The molecule has 0 aliphatic carbocycles. The molecular weight excluding hydrogens is 313 g/mol. The van der Waals surface area contributed by atoms with E-state index in [1.165, 1.54) is 5.56 Å². The van der Waals surface area contributed by atoms with E-state index in [0.29, 0.717) is 15.0 Å². The van der Waals surface area contributed by atoms with Gasteiger partial charge in [-0.15, -0.1) is 0 Å². The molecule has 0 N–H and O–H groups in total. The second-order valence-corrected chi connectivity index (χ2v) is 6.30. The van der Waals surface area contributed by atoms with Crippen LogP contribution in [0.25, 0.3) is 11.0 Å². The second kappa shape index (κ2) is 6.51. The maximum absolute atomic E-state index is 4.17. The summed E-state index contributed by atoms with van der Waals surface area (Å²) in [4.78, 5) is 2.27. The monoisotopic (exact) mass is 329 g/mol. The van der Waals surface area contributed by atoms with Crippen LogP contribution in [0.15, 0.2) is 65.6 Å². The minimum absolute atomic E-state index is 0.498. The number of aromatic nitrogens is 3. The quantitative estimate of drug-likeness (QED) is 0.674. The Bertz CT molecular complexity index is 704. The van der Waals surface area contributed by atoms with E-state index in [2.05, 4.69) is 57.8 Å². The Labute approximate surface area is 124 Å². The average molecular weight is 328 g/mol. The molecule has 0 amide bonds. The summed E-state index contributed by atoms with van der Waals surface area (Å²) in [6.07, 6.45) is 2.18. The first-order valence-electron chi connectivity index (χ1n) is 6.52. The predicted octanol–water partition coefficient (Wildman–Crippen LogP) is 2.85. The van der Waals surface area contributed by atoms with E-state index < -0.39 is 0 Å². The topological polar surface area (TPSA) is 30.7 Å². The van der Waals surface area contributed by atoms with Gasteiger partial charge in [-0.3, -0.25) is 0 Å². The molecule has 0 bridgehead atoms. The van der Waals surface area contributed by atoms with Gasteiger partial charge in [0.1, 0.15) is 0 Å². The first kappa shape index (κ1) is 13.1. The van der Waals surface area contributed by atoms with Crippen molar-refractivity contribution >= 4 is 26.0 Å². The summed E-state index contributed by atoms with van der Waals surface area (Å²) in [5, 5.41) is 9.46. The molecule has 3 aromatic rings. The fourth-order valence-corrected chi connectivity index (χ4v) is 3.46. The van der Waals surface area contributed by atoms with E-state index in [0.717, 1.165) is 22.9 Å². The maximum atomic E-state index is 4.17. The van der Waals surface area contributed by atoms with Crippen molar-refractivity contribution < 1.29 is 0 Å². The third-order valence-corrected chi connectivity index (χ3v) is 4.84. The van der Waals surface area contributed by atoms with Crippen molar-refractivity contribution in [1.82, 2.24) is 15.0 Å².